The van der Waals surface area contributed by atoms with E-state index in [4.69, 9.17) is 4.74 Å². The third-order valence-corrected chi connectivity index (χ3v) is 2.83. The maximum atomic E-state index is 11.3. The van der Waals surface area contributed by atoms with Crippen molar-refractivity contribution in [2.75, 3.05) is 12.4 Å². The van der Waals surface area contributed by atoms with Crippen LogP contribution in [0.4, 0.5) is 5.69 Å². The second-order valence-corrected chi connectivity index (χ2v) is 4.23. The largest absolute Gasteiger partial charge is 0.504 e. The lowest BCUT2D eigenvalue weighted by Crippen LogP contribution is -2.15. The number of pyridine rings is 1. The van der Waals surface area contributed by atoms with Crippen molar-refractivity contribution < 1.29 is 9.84 Å². The molecule has 0 saturated heterocycles. The molecule has 0 amide bonds. The fourth-order valence-electron chi connectivity index (χ4n) is 1.73. The molecule has 0 radical (unpaired) electrons. The number of hydrogen-bond donors (Lipinski definition) is 2. The molecular weight excluding hydrogens is 244 g/mol. The highest BCUT2D eigenvalue weighted by Gasteiger charge is 2.02. The monoisotopic (exact) mass is 260 g/mol. The minimum absolute atomic E-state index is 0.0446. The van der Waals surface area contributed by atoms with Crippen LogP contribution in [0.1, 0.15) is 5.56 Å². The van der Waals surface area contributed by atoms with Crippen molar-refractivity contribution in [2.45, 2.75) is 6.54 Å². The Morgan fingerprint density at radius 2 is 2.11 bits per heavy atom. The predicted molar refractivity (Wildman–Crippen MR) is 73.7 cm³/mol. The molecule has 2 N–H and O–H groups in total. The molecular formula is C14H16N2O3. The van der Waals surface area contributed by atoms with Crippen LogP contribution in [0.25, 0.3) is 0 Å². The Morgan fingerprint density at radius 3 is 2.79 bits per heavy atom. The zero-order chi connectivity index (χ0) is 13.8. The van der Waals surface area contributed by atoms with E-state index >= 15 is 0 Å². The summed E-state index contributed by atoms with van der Waals surface area (Å²) in [5.74, 6) is 0.563. The highest BCUT2D eigenvalue weighted by Crippen LogP contribution is 2.26. The molecule has 0 saturated carbocycles. The van der Waals surface area contributed by atoms with Crippen molar-refractivity contribution in [1.82, 2.24) is 4.57 Å². The van der Waals surface area contributed by atoms with Gasteiger partial charge in [-0.25, -0.2) is 0 Å². The molecule has 1 heterocycles. The zero-order valence-electron chi connectivity index (χ0n) is 10.9. The first-order chi connectivity index (χ1) is 9.10. The highest BCUT2D eigenvalue weighted by molar-refractivity contribution is 5.45. The number of nitrogens with zero attached hydrogens (tertiary/aromatic N) is 1. The van der Waals surface area contributed by atoms with E-state index in [0.717, 1.165) is 11.3 Å². The SMILES string of the molecule is COc1cc(CNc2ccc(=O)n(C)c2)ccc1O. The van der Waals surface area contributed by atoms with E-state index in [1.807, 2.05) is 6.07 Å². The Balaban J connectivity index is 2.09. The van der Waals surface area contributed by atoms with Gasteiger partial charge in [-0.05, 0) is 23.8 Å². The summed E-state index contributed by atoms with van der Waals surface area (Å²) in [5, 5.41) is 12.7. The van der Waals surface area contributed by atoms with E-state index in [-0.39, 0.29) is 11.3 Å². The number of benzene rings is 1. The molecule has 2 aromatic rings. The van der Waals surface area contributed by atoms with Crippen LogP contribution in [-0.2, 0) is 13.6 Å². The Hall–Kier alpha value is -2.43. The first-order valence-electron chi connectivity index (χ1n) is 5.86. The van der Waals surface area contributed by atoms with Gasteiger partial charge in [-0.2, -0.15) is 0 Å². The normalized spacial score (nSPS) is 10.2. The van der Waals surface area contributed by atoms with E-state index in [1.165, 1.54) is 17.7 Å². The molecule has 0 aliphatic heterocycles. The summed E-state index contributed by atoms with van der Waals surface area (Å²) in [4.78, 5) is 11.3. The number of methoxy groups -OCH3 is 1. The standard InChI is InChI=1S/C14H16N2O3/c1-16-9-11(4-6-14(16)18)15-8-10-3-5-12(17)13(7-10)19-2/h3-7,9,15,17H,8H2,1-2H3. The van der Waals surface area contributed by atoms with Gasteiger partial charge in [0.05, 0.1) is 12.8 Å². The summed E-state index contributed by atoms with van der Waals surface area (Å²) in [6.45, 7) is 0.578. The van der Waals surface area contributed by atoms with Crippen LogP contribution in [0.15, 0.2) is 41.3 Å². The molecule has 0 aliphatic carbocycles. The number of aryl methyl sites for hydroxylation is 1. The topological polar surface area (TPSA) is 63.5 Å². The summed E-state index contributed by atoms with van der Waals surface area (Å²) in [6.07, 6.45) is 1.74. The van der Waals surface area contributed by atoms with Crippen molar-refractivity contribution in [3.05, 3.63) is 52.4 Å². The zero-order valence-corrected chi connectivity index (χ0v) is 10.9. The molecule has 1 aromatic carbocycles. The summed E-state index contributed by atoms with van der Waals surface area (Å²) in [6, 6.07) is 8.42. The van der Waals surface area contributed by atoms with E-state index < -0.39 is 0 Å². The molecule has 0 bridgehead atoms. The second-order valence-electron chi connectivity index (χ2n) is 4.23. The number of nitrogens with one attached hydrogen (secondary N) is 1. The number of aromatic hydroxyl groups is 1. The first-order valence-corrected chi connectivity index (χ1v) is 5.86. The van der Waals surface area contributed by atoms with Gasteiger partial charge < -0.3 is 19.7 Å². The molecule has 0 atom stereocenters. The number of ether oxygens (including phenoxy) is 1. The van der Waals surface area contributed by atoms with Crippen molar-refractivity contribution in [3.8, 4) is 11.5 Å². The highest BCUT2D eigenvalue weighted by atomic mass is 16.5. The maximum Gasteiger partial charge on any atom is 0.250 e. The summed E-state index contributed by atoms with van der Waals surface area (Å²) in [5.41, 5.74) is 1.79. The van der Waals surface area contributed by atoms with E-state index in [9.17, 15) is 9.90 Å². The van der Waals surface area contributed by atoms with E-state index in [2.05, 4.69) is 5.32 Å². The van der Waals surface area contributed by atoms with Gasteiger partial charge in [-0.3, -0.25) is 4.79 Å². The number of phenols is 1. The number of phenolic OH excluding ortho intramolecular Hbond substituents is 1. The minimum atomic E-state index is -0.0446. The first kappa shape index (κ1) is 13.0. The molecule has 5 nitrogen and oxygen atoms in total. The minimum Gasteiger partial charge on any atom is -0.504 e. The van der Waals surface area contributed by atoms with Crippen LogP contribution < -0.4 is 15.6 Å². The third kappa shape index (κ3) is 3.07. The van der Waals surface area contributed by atoms with Crippen LogP contribution in [0.5, 0.6) is 11.5 Å². The molecule has 0 fully saturated rings. The molecule has 0 aliphatic rings. The van der Waals surface area contributed by atoms with Gasteiger partial charge in [0.15, 0.2) is 11.5 Å². The van der Waals surface area contributed by atoms with Gasteiger partial charge in [0.25, 0.3) is 0 Å². The summed E-state index contributed by atoms with van der Waals surface area (Å²) < 4.78 is 6.56. The lowest BCUT2D eigenvalue weighted by Gasteiger charge is -2.09. The molecule has 5 heteroatoms. The van der Waals surface area contributed by atoms with Crippen LogP contribution in [0, 0.1) is 0 Å². The smallest absolute Gasteiger partial charge is 0.250 e. The average molecular weight is 260 g/mol. The third-order valence-electron chi connectivity index (χ3n) is 2.83. The molecule has 19 heavy (non-hydrogen) atoms. The van der Waals surface area contributed by atoms with Gasteiger partial charge in [0.1, 0.15) is 0 Å². The number of anilines is 1. The lowest BCUT2D eigenvalue weighted by molar-refractivity contribution is 0.373. The molecule has 2 rings (SSSR count). The van der Waals surface area contributed by atoms with Gasteiger partial charge in [-0.1, -0.05) is 6.07 Å². The average Bonchev–Trinajstić information content (AvgIpc) is 2.41. The van der Waals surface area contributed by atoms with Crippen LogP contribution >= 0.6 is 0 Å². The van der Waals surface area contributed by atoms with Gasteiger partial charge in [-0.15, -0.1) is 0 Å². The Labute approximate surface area is 111 Å². The number of rotatable bonds is 4. The van der Waals surface area contributed by atoms with Crippen LogP contribution in [0.2, 0.25) is 0 Å². The van der Waals surface area contributed by atoms with Crippen molar-refractivity contribution in [1.29, 1.82) is 0 Å². The fraction of sp³-hybridized carbons (Fsp3) is 0.214. The Bertz CT molecular complexity index is 635. The molecule has 100 valence electrons. The van der Waals surface area contributed by atoms with Crippen molar-refractivity contribution in [2.24, 2.45) is 7.05 Å². The van der Waals surface area contributed by atoms with E-state index in [0.29, 0.717) is 12.3 Å². The maximum absolute atomic E-state index is 11.3. The quantitative estimate of drug-likeness (QED) is 0.878. The Morgan fingerprint density at radius 1 is 1.32 bits per heavy atom. The van der Waals surface area contributed by atoms with Gasteiger partial charge in [0, 0.05) is 25.9 Å². The predicted octanol–water partition coefficient (Wildman–Crippen LogP) is 1.71. The number of hydrogen-bond acceptors (Lipinski definition) is 4. The fourth-order valence-corrected chi connectivity index (χ4v) is 1.73. The number of aromatic nitrogens is 1. The lowest BCUT2D eigenvalue weighted by atomic mass is 10.2. The van der Waals surface area contributed by atoms with Crippen LogP contribution in [-0.4, -0.2) is 16.8 Å². The Kier molecular flexibility index (Phi) is 3.75. The van der Waals surface area contributed by atoms with E-state index in [1.54, 1.807) is 31.4 Å². The van der Waals surface area contributed by atoms with Gasteiger partial charge >= 0.3 is 0 Å². The van der Waals surface area contributed by atoms with Crippen LogP contribution in [0.3, 0.4) is 0 Å². The molecule has 1 aromatic heterocycles. The second kappa shape index (κ2) is 5.48. The molecule has 0 unspecified atom stereocenters. The van der Waals surface area contributed by atoms with Crippen molar-refractivity contribution in [3.63, 3.8) is 0 Å². The summed E-state index contributed by atoms with van der Waals surface area (Å²) in [7, 11) is 3.22. The van der Waals surface area contributed by atoms with Gasteiger partial charge in [0.2, 0.25) is 5.56 Å². The summed E-state index contributed by atoms with van der Waals surface area (Å²) >= 11 is 0. The molecule has 0 spiro atoms. The van der Waals surface area contributed by atoms with Crippen molar-refractivity contribution >= 4 is 5.69 Å².